The van der Waals surface area contributed by atoms with E-state index in [9.17, 15) is 0 Å². The summed E-state index contributed by atoms with van der Waals surface area (Å²) in [7, 11) is 0. The summed E-state index contributed by atoms with van der Waals surface area (Å²) in [6, 6.07) is 0. The standard InChI is InChI=1S/C7H15NOS2.Na.H/c1-3-8(4-2)5-6-9-7(10)11;;/h3-6H2,1-2H3,(H,10,11);;/q;+1;-1. The van der Waals surface area contributed by atoms with Gasteiger partial charge < -0.3 is 11.1 Å². The van der Waals surface area contributed by atoms with Gasteiger partial charge in [-0.1, -0.05) is 26.5 Å². The number of hydrogen-bond acceptors (Lipinski definition) is 3. The maximum atomic E-state index is 5.03. The molecule has 0 spiro atoms. The third-order valence-electron chi connectivity index (χ3n) is 1.53. The van der Waals surface area contributed by atoms with Crippen LogP contribution in [0.2, 0.25) is 0 Å². The Kier molecular flexibility index (Phi) is 13.4. The molecule has 0 aromatic carbocycles. The number of likely N-dealkylation sites (N-methyl/N-ethyl adjacent to an activating group) is 1. The SMILES string of the molecule is CCN(CC)CCOC(=S)S.[H-].[Na+]. The number of rotatable bonds is 5. The first-order chi connectivity index (χ1) is 5.20. The van der Waals surface area contributed by atoms with Crippen molar-refractivity contribution in [2.75, 3.05) is 26.2 Å². The summed E-state index contributed by atoms with van der Waals surface area (Å²) < 4.78 is 5.36. The van der Waals surface area contributed by atoms with Gasteiger partial charge in [0.15, 0.2) is 0 Å². The molecule has 0 aliphatic rings. The molecule has 0 aliphatic carbocycles. The molecule has 0 radical (unpaired) electrons. The van der Waals surface area contributed by atoms with Crippen molar-refractivity contribution in [1.29, 1.82) is 0 Å². The quantitative estimate of drug-likeness (QED) is 0.348. The van der Waals surface area contributed by atoms with Gasteiger partial charge in [-0.25, -0.2) is 0 Å². The largest absolute Gasteiger partial charge is 1.00 e. The molecule has 0 atom stereocenters. The molecule has 68 valence electrons. The monoisotopic (exact) mass is 217 g/mol. The molecule has 0 aliphatic heterocycles. The van der Waals surface area contributed by atoms with E-state index in [1.54, 1.807) is 0 Å². The van der Waals surface area contributed by atoms with Gasteiger partial charge in [0.1, 0.15) is 6.61 Å². The average Bonchev–Trinajstić information content (AvgIpc) is 1.98. The predicted molar refractivity (Wildman–Crippen MR) is 56.4 cm³/mol. The zero-order valence-corrected chi connectivity index (χ0v) is 11.8. The molecule has 0 aromatic rings. The van der Waals surface area contributed by atoms with Gasteiger partial charge in [0.05, 0.1) is 0 Å². The minimum Gasteiger partial charge on any atom is -1.00 e. The minimum atomic E-state index is 0. The third kappa shape index (κ3) is 9.29. The van der Waals surface area contributed by atoms with Crippen molar-refractivity contribution in [3.8, 4) is 0 Å². The Morgan fingerprint density at radius 1 is 1.50 bits per heavy atom. The number of ether oxygens (including phenoxy) is 1. The first-order valence-corrected chi connectivity index (χ1v) is 4.64. The first kappa shape index (κ1) is 15.7. The summed E-state index contributed by atoms with van der Waals surface area (Å²) in [4.78, 5) is 2.27. The number of nitrogens with zero attached hydrogens (tertiary/aromatic N) is 1. The van der Waals surface area contributed by atoms with E-state index in [0.717, 1.165) is 19.6 Å². The fourth-order valence-electron chi connectivity index (χ4n) is 0.802. The number of thiocarbonyl (C=S) groups is 1. The van der Waals surface area contributed by atoms with Gasteiger partial charge in [0, 0.05) is 6.54 Å². The van der Waals surface area contributed by atoms with Crippen molar-refractivity contribution >= 4 is 29.2 Å². The van der Waals surface area contributed by atoms with Crippen molar-refractivity contribution in [1.82, 2.24) is 4.90 Å². The maximum Gasteiger partial charge on any atom is 1.00 e. The average molecular weight is 217 g/mol. The van der Waals surface area contributed by atoms with Crippen molar-refractivity contribution in [3.63, 3.8) is 0 Å². The van der Waals surface area contributed by atoms with Gasteiger partial charge in [-0.05, 0) is 25.3 Å². The Hall–Kier alpha value is 1.20. The van der Waals surface area contributed by atoms with Crippen LogP contribution in [0.25, 0.3) is 0 Å². The van der Waals surface area contributed by atoms with Crippen LogP contribution in [0.4, 0.5) is 0 Å². The Labute approximate surface area is 109 Å². The Morgan fingerprint density at radius 2 is 2.00 bits per heavy atom. The van der Waals surface area contributed by atoms with Crippen LogP contribution in [-0.2, 0) is 4.74 Å². The smallest absolute Gasteiger partial charge is 1.00 e. The van der Waals surface area contributed by atoms with E-state index >= 15 is 0 Å². The van der Waals surface area contributed by atoms with Gasteiger partial charge in [-0.15, -0.1) is 0 Å². The topological polar surface area (TPSA) is 12.5 Å². The molecule has 0 saturated carbocycles. The normalized spacial score (nSPS) is 9.33. The van der Waals surface area contributed by atoms with Gasteiger partial charge in [-0.3, -0.25) is 0 Å². The fraction of sp³-hybridized carbons (Fsp3) is 0.857. The van der Waals surface area contributed by atoms with E-state index in [4.69, 9.17) is 4.74 Å². The van der Waals surface area contributed by atoms with Crippen LogP contribution in [0.15, 0.2) is 0 Å². The molecular formula is C7H16NNaOS2. The number of hydrogen-bond donors (Lipinski definition) is 1. The van der Waals surface area contributed by atoms with E-state index in [0.29, 0.717) is 11.0 Å². The number of thiol groups is 1. The van der Waals surface area contributed by atoms with Crippen molar-refractivity contribution in [2.24, 2.45) is 0 Å². The molecule has 0 fully saturated rings. The zero-order chi connectivity index (χ0) is 8.69. The molecule has 0 saturated heterocycles. The summed E-state index contributed by atoms with van der Waals surface area (Å²) in [6.07, 6.45) is 0. The molecular weight excluding hydrogens is 201 g/mol. The maximum absolute atomic E-state index is 5.03. The predicted octanol–water partition coefficient (Wildman–Crippen LogP) is -1.32. The molecule has 12 heavy (non-hydrogen) atoms. The second kappa shape index (κ2) is 10.3. The Morgan fingerprint density at radius 3 is 2.33 bits per heavy atom. The van der Waals surface area contributed by atoms with Gasteiger partial charge in [0.25, 0.3) is 0 Å². The van der Waals surface area contributed by atoms with E-state index in [1.165, 1.54) is 0 Å². The Bertz CT molecular complexity index is 125. The molecule has 0 amide bonds. The van der Waals surface area contributed by atoms with Crippen LogP contribution >= 0.6 is 24.8 Å². The second-order valence-electron chi connectivity index (χ2n) is 2.14. The van der Waals surface area contributed by atoms with Crippen LogP contribution in [0.3, 0.4) is 0 Å². The summed E-state index contributed by atoms with van der Waals surface area (Å²) in [5.74, 6) is 0. The molecule has 5 heteroatoms. The van der Waals surface area contributed by atoms with Gasteiger partial charge >= 0.3 is 29.6 Å². The summed E-state index contributed by atoms with van der Waals surface area (Å²) >= 11 is 8.49. The summed E-state index contributed by atoms with van der Waals surface area (Å²) in [5.41, 5.74) is 0. The fourth-order valence-corrected chi connectivity index (χ4v) is 0.977. The van der Waals surface area contributed by atoms with Crippen LogP contribution in [0, 0.1) is 0 Å². The first-order valence-electron chi connectivity index (χ1n) is 3.78. The third-order valence-corrected chi connectivity index (χ3v) is 1.77. The minimum absolute atomic E-state index is 0. The van der Waals surface area contributed by atoms with Gasteiger partial charge in [-0.2, -0.15) is 0 Å². The molecule has 0 rings (SSSR count). The van der Waals surface area contributed by atoms with Crippen LogP contribution in [-0.4, -0.2) is 35.5 Å². The molecule has 0 aromatic heterocycles. The van der Waals surface area contributed by atoms with E-state index < -0.39 is 0 Å². The van der Waals surface area contributed by atoms with Crippen molar-refractivity contribution < 1.29 is 35.7 Å². The van der Waals surface area contributed by atoms with E-state index in [2.05, 4.69) is 43.6 Å². The van der Waals surface area contributed by atoms with Crippen LogP contribution in [0.5, 0.6) is 0 Å². The molecule has 2 nitrogen and oxygen atoms in total. The molecule has 0 bridgehead atoms. The van der Waals surface area contributed by atoms with Crippen molar-refractivity contribution in [2.45, 2.75) is 13.8 Å². The zero-order valence-electron chi connectivity index (χ0n) is 9.04. The van der Waals surface area contributed by atoms with Gasteiger partial charge in [0.2, 0.25) is 4.38 Å². The van der Waals surface area contributed by atoms with Crippen LogP contribution < -0.4 is 29.6 Å². The summed E-state index contributed by atoms with van der Waals surface area (Å²) in [6.45, 7) is 7.93. The van der Waals surface area contributed by atoms with Crippen molar-refractivity contribution in [3.05, 3.63) is 0 Å². The van der Waals surface area contributed by atoms with Crippen LogP contribution in [0.1, 0.15) is 15.3 Å². The second-order valence-corrected chi connectivity index (χ2v) is 3.22. The summed E-state index contributed by atoms with van der Waals surface area (Å²) in [5, 5.41) is 0. The Balaban J connectivity index is -0.000000500. The molecule has 0 heterocycles. The van der Waals surface area contributed by atoms with E-state index in [1.807, 2.05) is 0 Å². The molecule has 0 N–H and O–H groups in total. The molecule has 0 unspecified atom stereocenters. The van der Waals surface area contributed by atoms with E-state index in [-0.39, 0.29) is 31.0 Å².